The number of nitro groups is 1. The molecule has 36 heavy (non-hydrogen) atoms. The van der Waals surface area contributed by atoms with E-state index < -0.39 is 41.4 Å². The van der Waals surface area contributed by atoms with E-state index in [1.165, 1.54) is 19.2 Å². The number of hydrogen-bond acceptors (Lipinski definition) is 10. The highest BCUT2D eigenvalue weighted by Crippen LogP contribution is 2.34. The van der Waals surface area contributed by atoms with E-state index in [-0.39, 0.29) is 29.4 Å². The van der Waals surface area contributed by atoms with Gasteiger partial charge in [-0.15, -0.1) is 0 Å². The molecule has 1 aliphatic rings. The smallest absolute Gasteiger partial charge is 0.433 e. The maximum atomic E-state index is 12.5. The molecule has 2 heterocycles. The molecule has 14 heteroatoms. The van der Waals surface area contributed by atoms with Crippen molar-refractivity contribution in [1.29, 1.82) is 0 Å². The number of hydrazone groups is 1. The first-order chi connectivity index (χ1) is 17.2. The Balaban J connectivity index is 1.67. The Morgan fingerprint density at radius 3 is 2.72 bits per heavy atom. The molecule has 0 fully saturated rings. The van der Waals surface area contributed by atoms with Gasteiger partial charge in [0.05, 0.1) is 37.6 Å². The number of allylic oxidation sites excluding steroid dienone is 1. The molecule has 0 unspecified atom stereocenters. The van der Waals surface area contributed by atoms with Crippen molar-refractivity contribution in [3.05, 3.63) is 63.0 Å². The Kier molecular flexibility index (Phi) is 8.22. The Bertz CT molecular complexity index is 1230. The van der Waals surface area contributed by atoms with Gasteiger partial charge in [0.15, 0.2) is 23.9 Å². The molecular weight excluding hydrogens is 478 g/mol. The lowest BCUT2D eigenvalue weighted by Crippen LogP contribution is -2.45. The van der Waals surface area contributed by atoms with Gasteiger partial charge in [-0.2, -0.15) is 5.10 Å². The van der Waals surface area contributed by atoms with Crippen molar-refractivity contribution in [2.24, 2.45) is 5.10 Å². The molecule has 1 aromatic carbocycles. The van der Waals surface area contributed by atoms with Gasteiger partial charge in [-0.3, -0.25) is 14.9 Å². The monoisotopic (exact) mass is 501 g/mol. The van der Waals surface area contributed by atoms with Crippen LogP contribution in [-0.2, 0) is 14.3 Å². The largest absolute Gasteiger partial charge is 0.493 e. The van der Waals surface area contributed by atoms with Crippen LogP contribution in [0, 0.1) is 10.1 Å². The number of furan rings is 1. The highest BCUT2D eigenvalue weighted by Gasteiger charge is 2.32. The van der Waals surface area contributed by atoms with Crippen molar-refractivity contribution < 1.29 is 37.9 Å². The minimum absolute atomic E-state index is 0.0802. The first-order valence-corrected chi connectivity index (χ1v) is 10.6. The second-order valence-corrected chi connectivity index (χ2v) is 7.22. The molecule has 0 saturated heterocycles. The van der Waals surface area contributed by atoms with E-state index in [1.807, 2.05) is 0 Å². The van der Waals surface area contributed by atoms with Crippen molar-refractivity contribution in [3.63, 3.8) is 0 Å². The summed E-state index contributed by atoms with van der Waals surface area (Å²) < 4.78 is 20.9. The van der Waals surface area contributed by atoms with Gasteiger partial charge in [0.2, 0.25) is 0 Å². The average molecular weight is 501 g/mol. The number of benzene rings is 1. The molecule has 3 N–H and O–H groups in total. The minimum Gasteiger partial charge on any atom is -0.493 e. The van der Waals surface area contributed by atoms with Gasteiger partial charge in [-0.25, -0.2) is 15.0 Å². The summed E-state index contributed by atoms with van der Waals surface area (Å²) in [5, 5.41) is 19.5. The molecular formula is C22H23N5O9. The third-order valence-corrected chi connectivity index (χ3v) is 4.82. The molecule has 0 spiro atoms. The Hall–Kier alpha value is -4.88. The summed E-state index contributed by atoms with van der Waals surface area (Å²) >= 11 is 0. The predicted octanol–water partition coefficient (Wildman–Crippen LogP) is 1.92. The fourth-order valence-electron chi connectivity index (χ4n) is 3.26. The van der Waals surface area contributed by atoms with Crippen LogP contribution in [-0.4, -0.2) is 49.4 Å². The van der Waals surface area contributed by atoms with Crippen molar-refractivity contribution in [2.45, 2.75) is 19.9 Å². The number of nitrogens with zero attached hydrogens (tertiary/aromatic N) is 2. The van der Waals surface area contributed by atoms with E-state index in [0.29, 0.717) is 11.3 Å². The topological polar surface area (TPSA) is 184 Å². The van der Waals surface area contributed by atoms with Crippen LogP contribution in [0.15, 0.2) is 51.1 Å². The molecule has 2 aromatic rings. The van der Waals surface area contributed by atoms with Crippen LogP contribution in [0.3, 0.4) is 0 Å². The number of rotatable bonds is 10. The summed E-state index contributed by atoms with van der Waals surface area (Å²) in [6, 6.07) is 5.91. The van der Waals surface area contributed by atoms with E-state index in [2.05, 4.69) is 21.2 Å². The van der Waals surface area contributed by atoms with Crippen molar-refractivity contribution in [1.82, 2.24) is 16.1 Å². The molecule has 0 radical (unpaired) electrons. The predicted molar refractivity (Wildman–Crippen MR) is 123 cm³/mol. The quantitative estimate of drug-likeness (QED) is 0.189. The molecule has 0 bridgehead atoms. The number of carbonyl (C=O) groups is 3. The summed E-state index contributed by atoms with van der Waals surface area (Å²) in [4.78, 5) is 46.5. The lowest BCUT2D eigenvalue weighted by molar-refractivity contribution is -0.402. The van der Waals surface area contributed by atoms with Gasteiger partial charge in [0, 0.05) is 5.70 Å². The fourth-order valence-corrected chi connectivity index (χ4v) is 3.26. The summed E-state index contributed by atoms with van der Waals surface area (Å²) in [7, 11) is 1.40. The van der Waals surface area contributed by atoms with Gasteiger partial charge in [0.1, 0.15) is 4.92 Å². The Labute approximate surface area is 204 Å². The third-order valence-electron chi connectivity index (χ3n) is 4.82. The average Bonchev–Trinajstić information content (AvgIpc) is 3.31. The molecule has 3 rings (SSSR count). The van der Waals surface area contributed by atoms with E-state index >= 15 is 0 Å². The standard InChI is InChI=1S/C22H23N5O9/c1-4-34-21(29)19-12(2)24-22(30)25-20(19)13-5-7-15(16(9-13)33-3)35-11-17(28)26-23-10-14-6-8-18(36-14)27(31)32/h5-10,20H,4,11H2,1-3H3,(H,26,28)(H2,24,25,30)/b23-10-/t20-/m0/s1. The number of urea groups is 1. The van der Waals surface area contributed by atoms with Crippen LogP contribution in [0.4, 0.5) is 10.7 Å². The first kappa shape index (κ1) is 25.7. The van der Waals surface area contributed by atoms with E-state index in [9.17, 15) is 24.5 Å². The normalized spacial score (nSPS) is 15.2. The zero-order valence-electron chi connectivity index (χ0n) is 19.5. The van der Waals surface area contributed by atoms with Crippen LogP contribution in [0.5, 0.6) is 11.5 Å². The van der Waals surface area contributed by atoms with Crippen LogP contribution in [0.2, 0.25) is 0 Å². The van der Waals surface area contributed by atoms with E-state index in [4.69, 9.17) is 18.6 Å². The van der Waals surface area contributed by atoms with E-state index in [1.54, 1.807) is 26.0 Å². The lowest BCUT2D eigenvalue weighted by Gasteiger charge is -2.28. The zero-order valence-corrected chi connectivity index (χ0v) is 19.5. The van der Waals surface area contributed by atoms with E-state index in [0.717, 1.165) is 12.3 Å². The molecule has 1 aliphatic heterocycles. The van der Waals surface area contributed by atoms with Crippen LogP contribution < -0.4 is 25.5 Å². The number of methoxy groups -OCH3 is 1. The Morgan fingerprint density at radius 1 is 1.28 bits per heavy atom. The molecule has 1 aromatic heterocycles. The van der Waals surface area contributed by atoms with Crippen LogP contribution in [0.1, 0.15) is 31.2 Å². The van der Waals surface area contributed by atoms with Gasteiger partial charge >= 0.3 is 17.9 Å². The molecule has 190 valence electrons. The number of nitrogens with one attached hydrogen (secondary N) is 3. The molecule has 0 saturated carbocycles. The second kappa shape index (κ2) is 11.5. The molecule has 3 amide bonds. The second-order valence-electron chi connectivity index (χ2n) is 7.22. The summed E-state index contributed by atoms with van der Waals surface area (Å²) in [6.07, 6.45) is 1.10. The molecule has 0 aliphatic carbocycles. The third kappa shape index (κ3) is 6.16. The maximum Gasteiger partial charge on any atom is 0.433 e. The van der Waals surface area contributed by atoms with Gasteiger partial charge in [-0.1, -0.05) is 6.07 Å². The lowest BCUT2D eigenvalue weighted by atomic mass is 9.95. The number of carbonyl (C=O) groups excluding carboxylic acids is 3. The summed E-state index contributed by atoms with van der Waals surface area (Å²) in [6.45, 7) is 3.01. The van der Waals surface area contributed by atoms with Crippen LogP contribution >= 0.6 is 0 Å². The highest BCUT2D eigenvalue weighted by atomic mass is 16.6. The number of hydrogen-bond donors (Lipinski definition) is 3. The number of esters is 1. The summed E-state index contributed by atoms with van der Waals surface area (Å²) in [5.41, 5.74) is 3.33. The fraction of sp³-hybridized carbons (Fsp3) is 0.273. The van der Waals surface area contributed by atoms with Crippen molar-refractivity contribution in [2.75, 3.05) is 20.3 Å². The van der Waals surface area contributed by atoms with Crippen molar-refractivity contribution in [3.8, 4) is 11.5 Å². The van der Waals surface area contributed by atoms with Gasteiger partial charge < -0.3 is 29.3 Å². The zero-order chi connectivity index (χ0) is 26.2. The first-order valence-electron chi connectivity index (χ1n) is 10.6. The Morgan fingerprint density at radius 2 is 2.06 bits per heavy atom. The summed E-state index contributed by atoms with van der Waals surface area (Å²) in [5.74, 6) is -1.09. The maximum absolute atomic E-state index is 12.5. The number of amides is 3. The number of ether oxygens (including phenoxy) is 3. The van der Waals surface area contributed by atoms with Crippen molar-refractivity contribution >= 4 is 30.0 Å². The molecule has 1 atom stereocenters. The van der Waals surface area contributed by atoms with Gasteiger partial charge in [0.25, 0.3) is 5.91 Å². The SMILES string of the molecule is CCOC(=O)C1=C(C)NC(=O)N[C@H]1c1ccc(OCC(=O)N/N=C\c2ccc([N+](=O)[O-])o2)c(OC)c1. The van der Waals surface area contributed by atoms with Gasteiger partial charge in [-0.05, 0) is 37.6 Å². The molecule has 14 nitrogen and oxygen atoms in total. The highest BCUT2D eigenvalue weighted by molar-refractivity contribution is 5.95. The minimum atomic E-state index is -0.796. The van der Waals surface area contributed by atoms with Crippen LogP contribution in [0.25, 0.3) is 0 Å².